The molecule has 4 aromatic rings. The number of rotatable bonds is 1. The number of hydrogen-bond acceptors (Lipinski definition) is 1. The third-order valence-electron chi connectivity index (χ3n) is 5.49. The van der Waals surface area contributed by atoms with Crippen LogP contribution in [0.4, 0.5) is 0 Å². The summed E-state index contributed by atoms with van der Waals surface area (Å²) >= 11 is 0. The Kier molecular flexibility index (Phi) is 5.31. The van der Waals surface area contributed by atoms with Crippen LogP contribution < -0.4 is 0 Å². The van der Waals surface area contributed by atoms with Gasteiger partial charge in [-0.2, -0.15) is 0 Å². The highest BCUT2D eigenvalue weighted by atomic mass is 14.6. The zero-order valence-corrected chi connectivity index (χ0v) is 17.3. The predicted octanol–water partition coefficient (Wildman–Crippen LogP) is 7.23. The van der Waals surface area contributed by atoms with Gasteiger partial charge in [-0.15, -0.1) is 0 Å². The molecule has 1 nitrogen and oxygen atoms in total. The van der Waals surface area contributed by atoms with Crippen molar-refractivity contribution in [2.24, 2.45) is 0 Å². The Bertz CT molecular complexity index is 1020. The van der Waals surface area contributed by atoms with Crippen LogP contribution in [0.5, 0.6) is 0 Å². The SMILES string of the molecule is CC(C)(C)c1cccc(C2c3ccccc3-c3ccccc32)c1.c1ccncc1. The topological polar surface area (TPSA) is 12.9 Å². The quantitative estimate of drug-likeness (QED) is 0.300. The van der Waals surface area contributed by atoms with Gasteiger partial charge in [-0.1, -0.05) is 99.6 Å². The number of fused-ring (bicyclic) bond motifs is 3. The summed E-state index contributed by atoms with van der Waals surface area (Å²) in [6, 6.07) is 32.5. The molecule has 0 saturated carbocycles. The monoisotopic (exact) mass is 377 g/mol. The normalized spacial score (nSPS) is 12.5. The van der Waals surface area contributed by atoms with Crippen molar-refractivity contribution in [3.8, 4) is 11.1 Å². The van der Waals surface area contributed by atoms with E-state index >= 15 is 0 Å². The molecule has 0 fully saturated rings. The number of pyridine rings is 1. The fourth-order valence-electron chi connectivity index (χ4n) is 4.01. The van der Waals surface area contributed by atoms with E-state index in [9.17, 15) is 0 Å². The summed E-state index contributed by atoms with van der Waals surface area (Å²) in [5.74, 6) is 0.352. The fraction of sp³-hybridized carbons (Fsp3) is 0.179. The molecule has 0 saturated heterocycles. The summed E-state index contributed by atoms with van der Waals surface area (Å²) in [5, 5.41) is 0. The minimum Gasteiger partial charge on any atom is -0.265 e. The van der Waals surface area contributed by atoms with E-state index in [4.69, 9.17) is 0 Å². The van der Waals surface area contributed by atoms with E-state index in [2.05, 4.69) is 98.6 Å². The van der Waals surface area contributed by atoms with E-state index in [1.165, 1.54) is 33.4 Å². The van der Waals surface area contributed by atoms with Gasteiger partial charge in [-0.3, -0.25) is 4.98 Å². The molecule has 1 heteroatoms. The number of benzene rings is 3. The van der Waals surface area contributed by atoms with Crippen molar-refractivity contribution in [2.45, 2.75) is 32.1 Å². The highest BCUT2D eigenvalue weighted by Crippen LogP contribution is 2.48. The standard InChI is InChI=1S/C23H22.C5H5N/c1-23(2,3)17-10-8-9-16(15-17)22-20-13-6-4-11-18(20)19-12-5-7-14-21(19)22;1-2-4-6-5-3-1/h4-15,22H,1-3H3;1-5H. The van der Waals surface area contributed by atoms with Gasteiger partial charge in [0.05, 0.1) is 0 Å². The number of nitrogens with zero attached hydrogens (tertiary/aromatic N) is 1. The summed E-state index contributed by atoms with van der Waals surface area (Å²) in [4.78, 5) is 3.78. The van der Waals surface area contributed by atoms with Crippen LogP contribution in [0.15, 0.2) is 103 Å². The zero-order valence-electron chi connectivity index (χ0n) is 17.3. The van der Waals surface area contributed by atoms with Crippen molar-refractivity contribution in [1.29, 1.82) is 0 Å². The Balaban J connectivity index is 0.000000294. The van der Waals surface area contributed by atoms with Crippen LogP contribution >= 0.6 is 0 Å². The molecule has 29 heavy (non-hydrogen) atoms. The van der Waals surface area contributed by atoms with Gasteiger partial charge in [0.15, 0.2) is 0 Å². The Morgan fingerprint density at radius 1 is 0.621 bits per heavy atom. The van der Waals surface area contributed by atoms with E-state index in [-0.39, 0.29) is 5.41 Å². The molecule has 0 atom stereocenters. The smallest absolute Gasteiger partial charge is 0.0352 e. The zero-order chi connectivity index (χ0) is 20.3. The Morgan fingerprint density at radius 2 is 1.21 bits per heavy atom. The molecular formula is C28H27N. The molecule has 1 aromatic heterocycles. The second-order valence-corrected chi connectivity index (χ2v) is 8.51. The maximum Gasteiger partial charge on any atom is 0.0352 e. The van der Waals surface area contributed by atoms with Crippen molar-refractivity contribution >= 4 is 0 Å². The molecule has 0 spiro atoms. The van der Waals surface area contributed by atoms with Crippen LogP contribution in [0.2, 0.25) is 0 Å². The van der Waals surface area contributed by atoms with E-state index in [0.29, 0.717) is 5.92 Å². The van der Waals surface area contributed by atoms with Gasteiger partial charge in [-0.05, 0) is 50.9 Å². The van der Waals surface area contributed by atoms with Gasteiger partial charge in [0.25, 0.3) is 0 Å². The summed E-state index contributed by atoms with van der Waals surface area (Å²) in [6.45, 7) is 6.84. The Hall–Kier alpha value is -3.19. The molecule has 5 rings (SSSR count). The first-order valence-corrected chi connectivity index (χ1v) is 10.2. The fourth-order valence-corrected chi connectivity index (χ4v) is 4.01. The molecule has 0 radical (unpaired) electrons. The molecule has 1 aliphatic carbocycles. The Labute approximate surface area is 174 Å². The summed E-state index contributed by atoms with van der Waals surface area (Å²) in [6.07, 6.45) is 3.50. The molecule has 0 N–H and O–H groups in total. The average molecular weight is 378 g/mol. The summed E-state index contributed by atoms with van der Waals surface area (Å²) < 4.78 is 0. The van der Waals surface area contributed by atoms with Crippen LogP contribution in [0.1, 0.15) is 48.9 Å². The minimum absolute atomic E-state index is 0.174. The summed E-state index contributed by atoms with van der Waals surface area (Å²) in [7, 11) is 0. The second kappa shape index (κ2) is 8.05. The maximum absolute atomic E-state index is 3.78. The van der Waals surface area contributed by atoms with Crippen LogP contribution in [0.3, 0.4) is 0 Å². The third kappa shape index (κ3) is 4.00. The molecule has 0 aliphatic heterocycles. The maximum atomic E-state index is 3.78. The van der Waals surface area contributed by atoms with Crippen molar-refractivity contribution < 1.29 is 0 Å². The molecule has 1 heterocycles. The molecule has 3 aromatic carbocycles. The molecular weight excluding hydrogens is 350 g/mol. The van der Waals surface area contributed by atoms with Gasteiger partial charge in [0.2, 0.25) is 0 Å². The lowest BCUT2D eigenvalue weighted by atomic mass is 9.82. The van der Waals surface area contributed by atoms with E-state index < -0.39 is 0 Å². The van der Waals surface area contributed by atoms with Crippen LogP contribution in [0, 0.1) is 0 Å². The largest absolute Gasteiger partial charge is 0.265 e. The lowest BCUT2D eigenvalue weighted by Crippen LogP contribution is -2.12. The van der Waals surface area contributed by atoms with Gasteiger partial charge in [-0.25, -0.2) is 0 Å². The van der Waals surface area contributed by atoms with E-state index in [1.54, 1.807) is 12.4 Å². The van der Waals surface area contributed by atoms with Gasteiger partial charge in [0, 0.05) is 18.3 Å². The van der Waals surface area contributed by atoms with Crippen LogP contribution in [0.25, 0.3) is 11.1 Å². The van der Waals surface area contributed by atoms with Crippen LogP contribution in [-0.4, -0.2) is 4.98 Å². The first-order valence-electron chi connectivity index (χ1n) is 10.2. The number of hydrogen-bond donors (Lipinski definition) is 0. The highest BCUT2D eigenvalue weighted by molar-refractivity contribution is 5.80. The molecule has 0 bridgehead atoms. The molecule has 0 unspecified atom stereocenters. The molecule has 1 aliphatic rings. The van der Waals surface area contributed by atoms with E-state index in [1.807, 2.05) is 18.2 Å². The van der Waals surface area contributed by atoms with Crippen molar-refractivity contribution in [2.75, 3.05) is 0 Å². The van der Waals surface area contributed by atoms with Gasteiger partial charge < -0.3 is 0 Å². The van der Waals surface area contributed by atoms with Crippen LogP contribution in [-0.2, 0) is 5.41 Å². The second-order valence-electron chi connectivity index (χ2n) is 8.51. The predicted molar refractivity (Wildman–Crippen MR) is 122 cm³/mol. The van der Waals surface area contributed by atoms with Crippen molar-refractivity contribution in [3.63, 3.8) is 0 Å². The first-order chi connectivity index (χ1) is 14.1. The molecule has 144 valence electrons. The van der Waals surface area contributed by atoms with Gasteiger partial charge >= 0.3 is 0 Å². The highest BCUT2D eigenvalue weighted by Gasteiger charge is 2.29. The average Bonchev–Trinajstić information content (AvgIpc) is 3.09. The van der Waals surface area contributed by atoms with Crippen molar-refractivity contribution in [1.82, 2.24) is 4.98 Å². The van der Waals surface area contributed by atoms with Gasteiger partial charge in [0.1, 0.15) is 0 Å². The third-order valence-corrected chi connectivity index (χ3v) is 5.49. The lowest BCUT2D eigenvalue weighted by Gasteiger charge is -2.22. The summed E-state index contributed by atoms with van der Waals surface area (Å²) in [5.41, 5.74) is 8.60. The lowest BCUT2D eigenvalue weighted by molar-refractivity contribution is 0.589. The Morgan fingerprint density at radius 3 is 1.69 bits per heavy atom. The van der Waals surface area contributed by atoms with Crippen molar-refractivity contribution in [3.05, 3.63) is 126 Å². The minimum atomic E-state index is 0.174. The van der Waals surface area contributed by atoms with E-state index in [0.717, 1.165) is 0 Å². The number of aromatic nitrogens is 1. The first kappa shape index (κ1) is 19.1. The molecule has 0 amide bonds.